The number of Topliss-reactive ketones (excluding diaryl/α,β-unsaturated/α-hetero) is 1. The molecule has 0 aliphatic heterocycles. The van der Waals surface area contributed by atoms with Crippen LogP contribution in [0.25, 0.3) is 32.7 Å². The molecule has 0 unspecified atom stereocenters. The van der Waals surface area contributed by atoms with Gasteiger partial charge in [-0.3, -0.25) is 4.79 Å². The summed E-state index contributed by atoms with van der Waals surface area (Å²) in [5, 5.41) is 4.47. The van der Waals surface area contributed by atoms with Gasteiger partial charge >= 0.3 is 0 Å². The monoisotopic (exact) mass is 634 g/mol. The Bertz CT molecular complexity index is 1760. The Hall–Kier alpha value is -5.49. The topological polar surface area (TPSA) is 63.2 Å². The van der Waals surface area contributed by atoms with E-state index in [1.807, 2.05) is 121 Å². The highest BCUT2D eigenvalue weighted by molar-refractivity contribution is 5.94. The van der Waals surface area contributed by atoms with Crippen molar-refractivity contribution in [2.24, 2.45) is 0 Å². The summed E-state index contributed by atoms with van der Waals surface area (Å²) in [6, 6.07) is 39.3. The summed E-state index contributed by atoms with van der Waals surface area (Å²) >= 11 is 0. The third kappa shape index (κ3) is 9.75. The second-order valence-electron chi connectivity index (χ2n) is 9.96. The summed E-state index contributed by atoms with van der Waals surface area (Å²) in [5.41, 5.74) is 2.95. The van der Waals surface area contributed by atoms with Crippen LogP contribution in [0, 0.1) is 0 Å². The van der Waals surface area contributed by atoms with Gasteiger partial charge in [0.15, 0.2) is 5.78 Å². The number of fused-ring (bicyclic) bond motifs is 2. The number of carbonyl (C=O) groups is 1. The normalized spacial score (nSPS) is 9.66. The maximum absolute atomic E-state index is 11.2. The first kappa shape index (κ1) is 37.7. The lowest BCUT2D eigenvalue weighted by Gasteiger charge is -2.08. The van der Waals surface area contributed by atoms with Crippen molar-refractivity contribution in [2.45, 2.75) is 21.8 Å². The van der Waals surface area contributed by atoms with Crippen LogP contribution in [0.15, 0.2) is 121 Å². The lowest BCUT2D eigenvalue weighted by atomic mass is 10.0. The van der Waals surface area contributed by atoms with Crippen LogP contribution in [0.5, 0.6) is 28.7 Å². The molecule has 0 amide bonds. The van der Waals surface area contributed by atoms with Crippen molar-refractivity contribution in [3.8, 4) is 39.9 Å². The molecule has 6 heteroatoms. The van der Waals surface area contributed by atoms with Gasteiger partial charge in [0.25, 0.3) is 0 Å². The number of hydrogen-bond acceptors (Lipinski definition) is 6. The molecule has 0 aromatic heterocycles. The number of ketones is 1. The molecule has 246 valence electrons. The van der Waals surface area contributed by atoms with Gasteiger partial charge in [0.2, 0.25) is 0 Å². The second kappa shape index (κ2) is 18.5. The van der Waals surface area contributed by atoms with Crippen molar-refractivity contribution in [1.29, 1.82) is 0 Å². The van der Waals surface area contributed by atoms with Crippen LogP contribution in [0.1, 0.15) is 32.1 Å². The van der Waals surface area contributed by atoms with Crippen molar-refractivity contribution >= 4 is 27.3 Å². The fourth-order valence-corrected chi connectivity index (χ4v) is 4.75. The molecule has 6 rings (SSSR count). The standard InChI is InChI=1S/C15H14O2.2C12H12O2.2CH4/c1-11(16)12-3-5-13(6-4-12)14-7-9-15(17-2)10-8-14;1-13-11-7-3-6-10-9(11)5-4-8-12(10)14-2;1-13-11-5-3-10-8-12(14-2)6-4-9(10)7-11;;/h3-10H,1-2H3;2*3-8H,1-2H3;2*1H4. The molecule has 0 heterocycles. The van der Waals surface area contributed by atoms with Crippen molar-refractivity contribution in [2.75, 3.05) is 35.5 Å². The average molecular weight is 635 g/mol. The van der Waals surface area contributed by atoms with Crippen LogP contribution in [0.3, 0.4) is 0 Å². The lowest BCUT2D eigenvalue weighted by molar-refractivity contribution is 0.101. The minimum absolute atomic E-state index is 0. The van der Waals surface area contributed by atoms with Gasteiger partial charge in [-0.15, -0.1) is 0 Å². The van der Waals surface area contributed by atoms with E-state index in [1.54, 1.807) is 42.5 Å². The Balaban J connectivity index is 0.000000241. The van der Waals surface area contributed by atoms with E-state index in [9.17, 15) is 4.79 Å². The summed E-state index contributed by atoms with van der Waals surface area (Å²) in [5.74, 6) is 4.44. The summed E-state index contributed by atoms with van der Waals surface area (Å²) < 4.78 is 25.9. The molecule has 0 aliphatic rings. The van der Waals surface area contributed by atoms with Crippen molar-refractivity contribution in [3.63, 3.8) is 0 Å². The highest BCUT2D eigenvalue weighted by atomic mass is 16.5. The smallest absolute Gasteiger partial charge is 0.159 e. The zero-order valence-electron chi connectivity index (χ0n) is 26.5. The fourth-order valence-electron chi connectivity index (χ4n) is 4.75. The van der Waals surface area contributed by atoms with Crippen molar-refractivity contribution in [1.82, 2.24) is 0 Å². The van der Waals surface area contributed by atoms with Crippen LogP contribution in [0.2, 0.25) is 0 Å². The third-order valence-corrected chi connectivity index (χ3v) is 7.25. The molecule has 0 spiro atoms. The Morgan fingerprint density at radius 1 is 0.447 bits per heavy atom. The Morgan fingerprint density at radius 3 is 1.19 bits per heavy atom. The molecule has 0 N–H and O–H groups in total. The van der Waals surface area contributed by atoms with Gasteiger partial charge < -0.3 is 23.7 Å². The summed E-state index contributed by atoms with van der Waals surface area (Å²) in [7, 11) is 8.34. The molecule has 0 radical (unpaired) electrons. The van der Waals surface area contributed by atoms with E-state index < -0.39 is 0 Å². The molecule has 6 aromatic carbocycles. The van der Waals surface area contributed by atoms with Crippen molar-refractivity contribution in [3.05, 3.63) is 127 Å². The Kier molecular flexibility index (Phi) is 14.8. The molecule has 0 saturated carbocycles. The van der Waals surface area contributed by atoms with Gasteiger partial charge in [0.1, 0.15) is 28.7 Å². The van der Waals surface area contributed by atoms with Crippen LogP contribution in [-0.2, 0) is 0 Å². The number of methoxy groups -OCH3 is 5. The van der Waals surface area contributed by atoms with Gasteiger partial charge in [-0.25, -0.2) is 0 Å². The summed E-state index contributed by atoms with van der Waals surface area (Å²) in [4.78, 5) is 11.2. The van der Waals surface area contributed by atoms with E-state index in [4.69, 9.17) is 23.7 Å². The van der Waals surface area contributed by atoms with Crippen LogP contribution in [0.4, 0.5) is 0 Å². The number of benzene rings is 6. The molecule has 0 fully saturated rings. The van der Waals surface area contributed by atoms with E-state index in [0.29, 0.717) is 0 Å². The van der Waals surface area contributed by atoms with E-state index in [0.717, 1.165) is 67.0 Å². The predicted molar refractivity (Wildman–Crippen MR) is 196 cm³/mol. The quantitative estimate of drug-likeness (QED) is 0.163. The van der Waals surface area contributed by atoms with Gasteiger partial charge in [0.05, 0.1) is 35.5 Å². The van der Waals surface area contributed by atoms with E-state index in [2.05, 4.69) is 0 Å². The average Bonchev–Trinajstić information content (AvgIpc) is 3.11. The Labute approximate surface area is 279 Å². The first-order chi connectivity index (χ1) is 21.9. The molecular weight excluding hydrogens is 588 g/mol. The molecule has 0 aliphatic carbocycles. The highest BCUT2D eigenvalue weighted by Gasteiger charge is 2.04. The van der Waals surface area contributed by atoms with E-state index in [-0.39, 0.29) is 20.6 Å². The molecule has 6 aromatic rings. The van der Waals surface area contributed by atoms with Crippen LogP contribution < -0.4 is 23.7 Å². The molecule has 47 heavy (non-hydrogen) atoms. The van der Waals surface area contributed by atoms with Gasteiger partial charge in [-0.2, -0.15) is 0 Å². The number of rotatable bonds is 7. The maximum atomic E-state index is 11.2. The summed E-state index contributed by atoms with van der Waals surface area (Å²) in [6.07, 6.45) is 0. The first-order valence-corrected chi connectivity index (χ1v) is 14.4. The number of ether oxygens (including phenoxy) is 5. The molecule has 0 bridgehead atoms. The summed E-state index contributed by atoms with van der Waals surface area (Å²) in [6.45, 7) is 1.57. The molecule has 0 saturated heterocycles. The minimum atomic E-state index is 0. The predicted octanol–water partition coefficient (Wildman–Crippen LogP) is 10.6. The Morgan fingerprint density at radius 2 is 0.830 bits per heavy atom. The SMILES string of the molecule is C.C.COc1ccc(-c2ccc(C(C)=O)cc2)cc1.COc1ccc2cc(OC)ccc2c1.COc1cccc2c(OC)cccc12. The highest BCUT2D eigenvalue weighted by Crippen LogP contribution is 2.31. The fraction of sp³-hybridized carbons (Fsp3) is 0.195. The van der Waals surface area contributed by atoms with Gasteiger partial charge in [0, 0.05) is 16.3 Å². The van der Waals surface area contributed by atoms with Gasteiger partial charge in [-0.1, -0.05) is 87.6 Å². The maximum Gasteiger partial charge on any atom is 0.159 e. The third-order valence-electron chi connectivity index (χ3n) is 7.25. The second-order valence-corrected chi connectivity index (χ2v) is 9.96. The first-order valence-electron chi connectivity index (χ1n) is 14.4. The van der Waals surface area contributed by atoms with Crippen molar-refractivity contribution < 1.29 is 28.5 Å². The lowest BCUT2D eigenvalue weighted by Crippen LogP contribution is -1.90. The zero-order chi connectivity index (χ0) is 32.2. The largest absolute Gasteiger partial charge is 0.497 e. The van der Waals surface area contributed by atoms with E-state index >= 15 is 0 Å². The molecular formula is C41H46O6. The van der Waals surface area contributed by atoms with Crippen LogP contribution >= 0.6 is 0 Å². The molecule has 6 nitrogen and oxygen atoms in total. The van der Waals surface area contributed by atoms with Gasteiger partial charge in [-0.05, 0) is 77.4 Å². The van der Waals surface area contributed by atoms with E-state index in [1.165, 1.54) is 0 Å². The molecule has 0 atom stereocenters. The zero-order valence-corrected chi connectivity index (χ0v) is 26.5. The number of hydrogen-bond donors (Lipinski definition) is 0. The van der Waals surface area contributed by atoms with Crippen LogP contribution in [-0.4, -0.2) is 41.3 Å². The number of carbonyl (C=O) groups excluding carboxylic acids is 1. The minimum Gasteiger partial charge on any atom is -0.497 e.